The predicted molar refractivity (Wildman–Crippen MR) is 143 cm³/mol. The van der Waals surface area contributed by atoms with Crippen LogP contribution in [-0.2, 0) is 16.9 Å². The van der Waals surface area contributed by atoms with Crippen LogP contribution in [0.3, 0.4) is 0 Å². The summed E-state index contributed by atoms with van der Waals surface area (Å²) in [5, 5.41) is 13.6. The predicted octanol–water partition coefficient (Wildman–Crippen LogP) is 2.46. The van der Waals surface area contributed by atoms with Crippen molar-refractivity contribution in [1.29, 1.82) is 0 Å². The summed E-state index contributed by atoms with van der Waals surface area (Å²) in [6.45, 7) is 0.917. The van der Waals surface area contributed by atoms with E-state index in [4.69, 9.17) is 6.42 Å². The lowest BCUT2D eigenvalue weighted by atomic mass is 9.95. The number of hydrogen-bond acceptors (Lipinski definition) is 8. The Morgan fingerprint density at radius 1 is 1.13 bits per heavy atom. The molecule has 9 nitrogen and oxygen atoms in total. The van der Waals surface area contributed by atoms with Crippen LogP contribution < -0.4 is 15.9 Å². The maximum Gasteiger partial charge on any atom is 0.349 e. The number of rotatable bonds is 3. The zero-order chi connectivity index (χ0) is 27.8. The number of piperazine rings is 1. The monoisotopic (exact) mass is 551 g/mol. The van der Waals surface area contributed by atoms with Gasteiger partial charge in [0, 0.05) is 49.4 Å². The first-order chi connectivity index (χ1) is 18.5. The van der Waals surface area contributed by atoms with E-state index in [1.54, 1.807) is 4.90 Å². The van der Waals surface area contributed by atoms with Gasteiger partial charge in [-0.3, -0.25) is 4.57 Å². The first-order valence-corrected chi connectivity index (χ1v) is 14.1. The Morgan fingerprint density at radius 2 is 1.82 bits per heavy atom. The number of nitrogens with zero attached hydrogens (tertiary/aromatic N) is 4. The summed E-state index contributed by atoms with van der Waals surface area (Å²) in [5.74, 6) is 0.214. The highest BCUT2D eigenvalue weighted by molar-refractivity contribution is 7.90. The molecule has 2 N–H and O–H groups in total. The average molecular weight is 552 g/mol. The lowest BCUT2D eigenvalue weighted by Gasteiger charge is -2.34. The van der Waals surface area contributed by atoms with E-state index in [2.05, 4.69) is 21.2 Å². The molecule has 2 aromatic heterocycles. The standard InChI is InChI=1S/C27H23F2N5O4S/c1-4-17-19(28)8-5-13-9-16(35)10-18(20(13)17)23-22(29)24-21(26(31-23)39(3,37)38)25(32-27(36)33(24)2)34-11-14-6-7-15(12-34)30-14/h1,5,8-10,14-15,30,35H,6-7,11-12H2,2-3H3. The second-order valence-corrected chi connectivity index (χ2v) is 12.0. The molecule has 0 aliphatic carbocycles. The van der Waals surface area contributed by atoms with Crippen molar-refractivity contribution in [1.82, 2.24) is 19.9 Å². The quantitative estimate of drug-likeness (QED) is 0.373. The highest BCUT2D eigenvalue weighted by Gasteiger charge is 2.36. The topological polar surface area (TPSA) is 117 Å². The van der Waals surface area contributed by atoms with Crippen molar-refractivity contribution in [2.45, 2.75) is 30.0 Å². The molecule has 4 heterocycles. The van der Waals surface area contributed by atoms with Gasteiger partial charge in [0.25, 0.3) is 0 Å². The van der Waals surface area contributed by atoms with E-state index in [0.29, 0.717) is 18.5 Å². The van der Waals surface area contributed by atoms with Gasteiger partial charge in [0.05, 0.1) is 16.5 Å². The Kier molecular flexibility index (Phi) is 5.64. The third-order valence-corrected chi connectivity index (χ3v) is 8.44. The molecule has 0 amide bonds. The second kappa shape index (κ2) is 8.72. The molecule has 2 bridgehead atoms. The molecule has 2 saturated heterocycles. The number of hydrogen-bond donors (Lipinski definition) is 2. The molecule has 2 fully saturated rings. The number of phenols is 1. The van der Waals surface area contributed by atoms with Gasteiger partial charge in [-0.15, -0.1) is 6.42 Å². The maximum atomic E-state index is 16.6. The number of terminal acetylenes is 1. The van der Waals surface area contributed by atoms with Crippen LogP contribution in [0.15, 0.2) is 34.1 Å². The van der Waals surface area contributed by atoms with Crippen molar-refractivity contribution >= 4 is 37.3 Å². The highest BCUT2D eigenvalue weighted by Crippen LogP contribution is 2.40. The Morgan fingerprint density at radius 3 is 2.46 bits per heavy atom. The fourth-order valence-corrected chi connectivity index (χ4v) is 6.58. The minimum atomic E-state index is -4.12. The lowest BCUT2D eigenvalue weighted by molar-refractivity contribution is 0.463. The molecule has 0 saturated carbocycles. The van der Waals surface area contributed by atoms with Crippen LogP contribution in [0.5, 0.6) is 5.75 Å². The van der Waals surface area contributed by atoms with Crippen LogP contribution in [0.25, 0.3) is 32.9 Å². The highest BCUT2D eigenvalue weighted by atomic mass is 32.2. The van der Waals surface area contributed by atoms with E-state index in [1.165, 1.54) is 19.2 Å². The molecular weight excluding hydrogens is 528 g/mol. The van der Waals surface area contributed by atoms with Gasteiger partial charge in [-0.05, 0) is 36.4 Å². The smallest absolute Gasteiger partial charge is 0.349 e. The summed E-state index contributed by atoms with van der Waals surface area (Å²) in [6.07, 6.45) is 8.34. The van der Waals surface area contributed by atoms with Gasteiger partial charge in [0.1, 0.15) is 23.1 Å². The number of sulfone groups is 1. The minimum absolute atomic E-state index is 0.0426. The fraction of sp³-hybridized carbons (Fsp3) is 0.296. The van der Waals surface area contributed by atoms with Crippen molar-refractivity contribution < 1.29 is 22.3 Å². The molecule has 0 spiro atoms. The Labute approximate surface area is 222 Å². The third-order valence-electron chi connectivity index (χ3n) is 7.45. The first kappa shape index (κ1) is 25.2. The van der Waals surface area contributed by atoms with Crippen molar-refractivity contribution in [3.8, 4) is 29.4 Å². The number of benzene rings is 2. The van der Waals surface area contributed by atoms with Gasteiger partial charge in [0.2, 0.25) is 0 Å². The number of aromatic hydroxyl groups is 1. The van der Waals surface area contributed by atoms with Gasteiger partial charge < -0.3 is 15.3 Å². The number of pyridine rings is 1. The van der Waals surface area contributed by atoms with Crippen molar-refractivity contribution in [3.05, 3.63) is 51.9 Å². The largest absolute Gasteiger partial charge is 0.508 e. The molecule has 6 rings (SSSR count). The molecule has 2 aliphatic heterocycles. The van der Waals surface area contributed by atoms with Crippen molar-refractivity contribution in [2.75, 3.05) is 24.2 Å². The summed E-state index contributed by atoms with van der Waals surface area (Å²) in [5.41, 5.74) is -1.93. The molecule has 2 aromatic carbocycles. The van der Waals surface area contributed by atoms with E-state index in [-0.39, 0.29) is 51.1 Å². The number of phenolic OH excluding ortho intramolecular Hbond substituents is 1. The number of halogens is 2. The second-order valence-electron chi connectivity index (χ2n) is 10.1. The summed E-state index contributed by atoms with van der Waals surface area (Å²) >= 11 is 0. The SMILES string of the molecule is C#Cc1c(F)ccc2cc(O)cc(-c3nc(S(C)(=O)=O)c4c(N5CC6CCC(C5)N6)nc(=O)n(C)c4c3F)c12. The Balaban J connectivity index is 1.76. The summed E-state index contributed by atoms with van der Waals surface area (Å²) < 4.78 is 58.5. The van der Waals surface area contributed by atoms with Crippen LogP contribution in [0, 0.1) is 24.0 Å². The van der Waals surface area contributed by atoms with Gasteiger partial charge in [0.15, 0.2) is 20.7 Å². The Bertz CT molecular complexity index is 1920. The van der Waals surface area contributed by atoms with Crippen LogP contribution in [0.4, 0.5) is 14.6 Å². The molecule has 4 aromatic rings. The van der Waals surface area contributed by atoms with Crippen LogP contribution in [-0.4, -0.2) is 59.5 Å². The summed E-state index contributed by atoms with van der Waals surface area (Å²) in [7, 11) is -2.83. The molecule has 12 heteroatoms. The Hall–Kier alpha value is -4.08. The van der Waals surface area contributed by atoms with E-state index in [9.17, 15) is 22.7 Å². The van der Waals surface area contributed by atoms with E-state index in [1.807, 2.05) is 0 Å². The normalized spacial score (nSPS) is 19.1. The number of nitrogens with one attached hydrogen (secondary N) is 1. The minimum Gasteiger partial charge on any atom is -0.508 e. The molecule has 2 unspecified atom stereocenters. The molecule has 2 atom stereocenters. The van der Waals surface area contributed by atoms with E-state index in [0.717, 1.165) is 35.8 Å². The van der Waals surface area contributed by atoms with E-state index >= 15 is 4.39 Å². The average Bonchev–Trinajstić information content (AvgIpc) is 3.22. The van der Waals surface area contributed by atoms with Crippen molar-refractivity contribution in [3.63, 3.8) is 0 Å². The first-order valence-electron chi connectivity index (χ1n) is 12.2. The van der Waals surface area contributed by atoms with Crippen LogP contribution >= 0.6 is 0 Å². The van der Waals surface area contributed by atoms with Gasteiger partial charge in [-0.25, -0.2) is 27.0 Å². The van der Waals surface area contributed by atoms with E-state index < -0.39 is 37.9 Å². The van der Waals surface area contributed by atoms with Crippen LogP contribution in [0.1, 0.15) is 18.4 Å². The third kappa shape index (κ3) is 3.92. The number of fused-ring (bicyclic) bond motifs is 4. The zero-order valence-corrected chi connectivity index (χ0v) is 21.8. The van der Waals surface area contributed by atoms with Gasteiger partial charge in [-0.1, -0.05) is 12.0 Å². The number of aryl methyl sites for hydroxylation is 1. The number of anilines is 1. The van der Waals surface area contributed by atoms with Crippen LogP contribution in [0.2, 0.25) is 0 Å². The summed E-state index contributed by atoms with van der Waals surface area (Å²) in [4.78, 5) is 23.2. The van der Waals surface area contributed by atoms with Gasteiger partial charge >= 0.3 is 5.69 Å². The molecule has 2 aliphatic rings. The summed E-state index contributed by atoms with van der Waals surface area (Å²) in [6, 6.07) is 5.20. The maximum absolute atomic E-state index is 16.6. The number of aromatic nitrogens is 3. The molecule has 200 valence electrons. The van der Waals surface area contributed by atoms with Gasteiger partial charge in [-0.2, -0.15) is 4.98 Å². The molecule has 0 radical (unpaired) electrons. The zero-order valence-electron chi connectivity index (χ0n) is 21.0. The lowest BCUT2D eigenvalue weighted by Crippen LogP contribution is -2.52. The fourth-order valence-electron chi connectivity index (χ4n) is 5.76. The molecule has 39 heavy (non-hydrogen) atoms. The molecular formula is C27H23F2N5O4S. The van der Waals surface area contributed by atoms with Crippen molar-refractivity contribution in [2.24, 2.45) is 7.05 Å².